The van der Waals surface area contributed by atoms with E-state index in [4.69, 9.17) is 4.74 Å². The van der Waals surface area contributed by atoms with E-state index in [9.17, 15) is 0 Å². The Hall–Kier alpha value is -1.02. The molecule has 2 rings (SSSR count). The van der Waals surface area contributed by atoms with Crippen molar-refractivity contribution in [3.05, 3.63) is 29.8 Å². The molecule has 76 valence electrons. The second-order valence-electron chi connectivity index (χ2n) is 3.97. The van der Waals surface area contributed by atoms with Gasteiger partial charge in [-0.15, -0.1) is 0 Å². The summed E-state index contributed by atoms with van der Waals surface area (Å²) in [6.07, 6.45) is 1.27. The summed E-state index contributed by atoms with van der Waals surface area (Å²) in [7, 11) is 1.71. The highest BCUT2D eigenvalue weighted by Gasteiger charge is 2.24. The van der Waals surface area contributed by atoms with Gasteiger partial charge in [-0.1, -0.05) is 19.1 Å². The molecule has 2 atom stereocenters. The zero-order valence-electron chi connectivity index (χ0n) is 8.79. The first-order valence-corrected chi connectivity index (χ1v) is 5.18. The molecule has 1 heterocycles. The maximum Gasteiger partial charge on any atom is 0.119 e. The fraction of sp³-hybridized carbons (Fsp3) is 0.500. The van der Waals surface area contributed by atoms with E-state index in [-0.39, 0.29) is 0 Å². The summed E-state index contributed by atoms with van der Waals surface area (Å²) in [5, 5.41) is 3.52. The highest BCUT2D eigenvalue weighted by molar-refractivity contribution is 5.31. The molecule has 2 unspecified atom stereocenters. The van der Waals surface area contributed by atoms with Gasteiger partial charge in [0.05, 0.1) is 7.11 Å². The SMILES string of the molecule is COc1cccc(C2NCCC2C)c1. The van der Waals surface area contributed by atoms with Gasteiger partial charge in [0, 0.05) is 6.04 Å². The smallest absolute Gasteiger partial charge is 0.119 e. The lowest BCUT2D eigenvalue weighted by Gasteiger charge is -2.16. The van der Waals surface area contributed by atoms with Crippen LogP contribution in [0.3, 0.4) is 0 Å². The average molecular weight is 191 g/mol. The molecular weight excluding hydrogens is 174 g/mol. The lowest BCUT2D eigenvalue weighted by atomic mass is 9.96. The van der Waals surface area contributed by atoms with Crippen molar-refractivity contribution in [1.29, 1.82) is 0 Å². The van der Waals surface area contributed by atoms with Crippen LogP contribution >= 0.6 is 0 Å². The van der Waals surface area contributed by atoms with Gasteiger partial charge in [0.25, 0.3) is 0 Å². The highest BCUT2D eigenvalue weighted by Crippen LogP contribution is 2.30. The summed E-state index contributed by atoms with van der Waals surface area (Å²) in [4.78, 5) is 0. The third-order valence-electron chi connectivity index (χ3n) is 2.99. The molecule has 14 heavy (non-hydrogen) atoms. The molecule has 1 aliphatic rings. The minimum absolute atomic E-state index is 0.505. The first-order valence-electron chi connectivity index (χ1n) is 5.18. The van der Waals surface area contributed by atoms with Crippen LogP contribution in [0.2, 0.25) is 0 Å². The Labute approximate surface area is 85.3 Å². The van der Waals surface area contributed by atoms with E-state index in [1.165, 1.54) is 12.0 Å². The maximum absolute atomic E-state index is 5.22. The van der Waals surface area contributed by atoms with Gasteiger partial charge in [-0.05, 0) is 36.6 Å². The third-order valence-corrected chi connectivity index (χ3v) is 2.99. The molecule has 0 aliphatic carbocycles. The lowest BCUT2D eigenvalue weighted by molar-refractivity contribution is 0.412. The Morgan fingerprint density at radius 1 is 1.43 bits per heavy atom. The number of rotatable bonds is 2. The van der Waals surface area contributed by atoms with Crippen molar-refractivity contribution < 1.29 is 4.74 Å². The van der Waals surface area contributed by atoms with E-state index in [0.29, 0.717) is 6.04 Å². The molecule has 2 nitrogen and oxygen atoms in total. The Morgan fingerprint density at radius 3 is 2.93 bits per heavy atom. The molecule has 2 heteroatoms. The molecule has 0 bridgehead atoms. The highest BCUT2D eigenvalue weighted by atomic mass is 16.5. The molecule has 1 fully saturated rings. The second kappa shape index (κ2) is 4.01. The van der Waals surface area contributed by atoms with Crippen LogP contribution in [0.5, 0.6) is 5.75 Å². The standard InChI is InChI=1S/C12H17NO/c1-9-6-7-13-12(9)10-4-3-5-11(8-10)14-2/h3-5,8-9,12-13H,6-7H2,1-2H3. The average Bonchev–Trinajstić information content (AvgIpc) is 2.65. The van der Waals surface area contributed by atoms with Crippen LogP contribution in [-0.2, 0) is 0 Å². The van der Waals surface area contributed by atoms with Crippen LogP contribution in [-0.4, -0.2) is 13.7 Å². The third kappa shape index (κ3) is 1.75. The van der Waals surface area contributed by atoms with Crippen molar-refractivity contribution in [3.63, 3.8) is 0 Å². The van der Waals surface area contributed by atoms with E-state index in [1.807, 2.05) is 6.07 Å². The van der Waals surface area contributed by atoms with Crippen molar-refractivity contribution in [2.75, 3.05) is 13.7 Å². The molecular formula is C12H17NO. The van der Waals surface area contributed by atoms with Crippen LogP contribution in [0, 0.1) is 5.92 Å². The summed E-state index contributed by atoms with van der Waals surface area (Å²) in [5.41, 5.74) is 1.34. The van der Waals surface area contributed by atoms with Crippen molar-refractivity contribution in [3.8, 4) is 5.75 Å². The van der Waals surface area contributed by atoms with Gasteiger partial charge in [0.15, 0.2) is 0 Å². The predicted octanol–water partition coefficient (Wildman–Crippen LogP) is 2.37. The number of benzene rings is 1. The Morgan fingerprint density at radius 2 is 2.29 bits per heavy atom. The van der Waals surface area contributed by atoms with Crippen LogP contribution in [0.25, 0.3) is 0 Å². The van der Waals surface area contributed by atoms with Gasteiger partial charge in [-0.25, -0.2) is 0 Å². The van der Waals surface area contributed by atoms with E-state index < -0.39 is 0 Å². The Kier molecular flexibility index (Phi) is 2.73. The minimum Gasteiger partial charge on any atom is -0.497 e. The summed E-state index contributed by atoms with van der Waals surface area (Å²) < 4.78 is 5.22. The number of ether oxygens (including phenoxy) is 1. The van der Waals surface area contributed by atoms with E-state index >= 15 is 0 Å². The van der Waals surface area contributed by atoms with Gasteiger partial charge in [-0.2, -0.15) is 0 Å². The quantitative estimate of drug-likeness (QED) is 0.775. The van der Waals surface area contributed by atoms with Crippen molar-refractivity contribution >= 4 is 0 Å². The first kappa shape index (κ1) is 9.53. The van der Waals surface area contributed by atoms with Crippen LogP contribution in [0.4, 0.5) is 0 Å². The van der Waals surface area contributed by atoms with Crippen LogP contribution in [0.1, 0.15) is 24.9 Å². The number of nitrogens with one attached hydrogen (secondary N) is 1. The molecule has 0 saturated carbocycles. The summed E-state index contributed by atoms with van der Waals surface area (Å²) >= 11 is 0. The Balaban J connectivity index is 2.22. The molecule has 0 aromatic heterocycles. The van der Waals surface area contributed by atoms with Gasteiger partial charge in [0.2, 0.25) is 0 Å². The van der Waals surface area contributed by atoms with Crippen LogP contribution in [0.15, 0.2) is 24.3 Å². The fourth-order valence-corrected chi connectivity index (χ4v) is 2.12. The molecule has 1 N–H and O–H groups in total. The largest absolute Gasteiger partial charge is 0.497 e. The van der Waals surface area contributed by atoms with E-state index in [0.717, 1.165) is 18.2 Å². The maximum atomic E-state index is 5.22. The summed E-state index contributed by atoms with van der Waals surface area (Å²) in [6.45, 7) is 3.42. The number of methoxy groups -OCH3 is 1. The molecule has 1 aliphatic heterocycles. The summed E-state index contributed by atoms with van der Waals surface area (Å²) in [5.74, 6) is 1.67. The van der Waals surface area contributed by atoms with Crippen molar-refractivity contribution in [2.24, 2.45) is 5.92 Å². The zero-order valence-corrected chi connectivity index (χ0v) is 8.79. The number of hydrogen-bond donors (Lipinski definition) is 1. The molecule has 1 saturated heterocycles. The van der Waals surface area contributed by atoms with Crippen molar-refractivity contribution in [2.45, 2.75) is 19.4 Å². The lowest BCUT2D eigenvalue weighted by Crippen LogP contribution is -2.16. The monoisotopic (exact) mass is 191 g/mol. The Bertz CT molecular complexity index is 311. The molecule has 0 spiro atoms. The molecule has 0 amide bonds. The van der Waals surface area contributed by atoms with E-state index in [2.05, 4.69) is 30.4 Å². The van der Waals surface area contributed by atoms with Gasteiger partial charge < -0.3 is 10.1 Å². The summed E-state index contributed by atoms with van der Waals surface area (Å²) in [6, 6.07) is 8.84. The normalized spacial score (nSPS) is 26.4. The van der Waals surface area contributed by atoms with E-state index in [1.54, 1.807) is 7.11 Å². The minimum atomic E-state index is 0.505. The topological polar surface area (TPSA) is 21.3 Å². The molecule has 1 aromatic carbocycles. The van der Waals surface area contributed by atoms with Crippen molar-refractivity contribution in [1.82, 2.24) is 5.32 Å². The second-order valence-corrected chi connectivity index (χ2v) is 3.97. The number of hydrogen-bond acceptors (Lipinski definition) is 2. The van der Waals surface area contributed by atoms with Crippen LogP contribution < -0.4 is 10.1 Å². The molecule has 1 aromatic rings. The fourth-order valence-electron chi connectivity index (χ4n) is 2.12. The molecule has 0 radical (unpaired) electrons. The zero-order chi connectivity index (χ0) is 9.97. The van der Waals surface area contributed by atoms with Gasteiger partial charge in [-0.3, -0.25) is 0 Å². The first-order chi connectivity index (χ1) is 6.81. The van der Waals surface area contributed by atoms with Gasteiger partial charge in [0.1, 0.15) is 5.75 Å². The predicted molar refractivity (Wildman–Crippen MR) is 57.5 cm³/mol. The van der Waals surface area contributed by atoms with Gasteiger partial charge >= 0.3 is 0 Å².